The van der Waals surface area contributed by atoms with E-state index in [0.717, 1.165) is 34.0 Å². The van der Waals surface area contributed by atoms with Gasteiger partial charge in [0, 0.05) is 18.1 Å². The average molecular weight is 322 g/mol. The molecule has 1 aromatic carbocycles. The van der Waals surface area contributed by atoms with E-state index in [-0.39, 0.29) is 0 Å². The smallest absolute Gasteiger partial charge is 0.172 e. The lowest BCUT2D eigenvalue weighted by molar-refractivity contribution is 0.608. The van der Waals surface area contributed by atoms with Crippen molar-refractivity contribution in [1.82, 2.24) is 25.0 Å². The van der Waals surface area contributed by atoms with E-state index in [4.69, 9.17) is 4.98 Å². The number of hydrogen-bond donors (Lipinski definition) is 1. The Bertz CT molecular complexity index is 902. The minimum absolute atomic E-state index is 0.717. The second kappa shape index (κ2) is 6.13. The van der Waals surface area contributed by atoms with Crippen molar-refractivity contribution in [3.8, 4) is 10.7 Å². The van der Waals surface area contributed by atoms with E-state index in [1.54, 1.807) is 22.2 Å². The van der Waals surface area contributed by atoms with Gasteiger partial charge in [0.15, 0.2) is 5.82 Å². The highest BCUT2D eigenvalue weighted by molar-refractivity contribution is 7.13. The van der Waals surface area contributed by atoms with Crippen LogP contribution in [0.4, 0.5) is 5.82 Å². The van der Waals surface area contributed by atoms with Crippen LogP contribution >= 0.6 is 11.3 Å². The molecule has 3 aromatic heterocycles. The van der Waals surface area contributed by atoms with Crippen LogP contribution in [0, 0.1) is 0 Å². The first kappa shape index (κ1) is 13.8. The van der Waals surface area contributed by atoms with Gasteiger partial charge in [-0.25, -0.2) is 9.97 Å². The van der Waals surface area contributed by atoms with Gasteiger partial charge in [-0.2, -0.15) is 0 Å². The van der Waals surface area contributed by atoms with Gasteiger partial charge in [0.05, 0.1) is 23.1 Å². The summed E-state index contributed by atoms with van der Waals surface area (Å²) in [5.74, 6) is 1.60. The van der Waals surface area contributed by atoms with E-state index in [9.17, 15) is 0 Å². The van der Waals surface area contributed by atoms with Crippen molar-refractivity contribution in [1.29, 1.82) is 0 Å². The fourth-order valence-electron chi connectivity index (χ4n) is 2.37. The van der Waals surface area contributed by atoms with Gasteiger partial charge in [-0.15, -0.1) is 16.4 Å². The molecule has 0 amide bonds. The van der Waals surface area contributed by atoms with Crippen molar-refractivity contribution >= 4 is 28.1 Å². The van der Waals surface area contributed by atoms with E-state index in [1.807, 2.05) is 48.0 Å². The first-order chi connectivity index (χ1) is 11.4. The summed E-state index contributed by atoms with van der Waals surface area (Å²) in [5, 5.41) is 14.2. The third-order valence-corrected chi connectivity index (χ3v) is 4.32. The van der Waals surface area contributed by atoms with Crippen LogP contribution in [0.5, 0.6) is 0 Å². The summed E-state index contributed by atoms with van der Waals surface area (Å²) in [6, 6.07) is 12.1. The molecule has 0 radical (unpaired) electrons. The Labute approximate surface area is 136 Å². The highest BCUT2D eigenvalue weighted by atomic mass is 32.1. The molecule has 6 nitrogen and oxygen atoms in total. The van der Waals surface area contributed by atoms with Crippen molar-refractivity contribution in [2.45, 2.75) is 6.54 Å². The number of fused-ring (bicyclic) bond motifs is 1. The maximum absolute atomic E-state index is 4.71. The van der Waals surface area contributed by atoms with Crippen LogP contribution in [0.25, 0.3) is 21.6 Å². The molecule has 0 aliphatic rings. The van der Waals surface area contributed by atoms with E-state index in [1.165, 1.54) is 0 Å². The lowest BCUT2D eigenvalue weighted by Crippen LogP contribution is -2.12. The molecule has 3 heterocycles. The molecule has 0 saturated carbocycles. The summed E-state index contributed by atoms with van der Waals surface area (Å²) in [4.78, 5) is 10.4. The number of para-hydroxylation sites is 1. The number of nitrogens with one attached hydrogen (secondary N) is 1. The quantitative estimate of drug-likeness (QED) is 0.611. The number of anilines is 1. The van der Waals surface area contributed by atoms with Gasteiger partial charge in [0.2, 0.25) is 0 Å². The Morgan fingerprint density at radius 3 is 2.87 bits per heavy atom. The van der Waals surface area contributed by atoms with Gasteiger partial charge >= 0.3 is 0 Å². The van der Waals surface area contributed by atoms with Crippen LogP contribution < -0.4 is 5.32 Å². The molecular formula is C16H14N6S. The average Bonchev–Trinajstić information content (AvgIpc) is 3.28. The molecule has 0 aliphatic heterocycles. The van der Waals surface area contributed by atoms with Gasteiger partial charge in [-0.3, -0.25) is 4.68 Å². The molecule has 0 bridgehead atoms. The first-order valence-corrected chi connectivity index (χ1v) is 8.17. The molecule has 0 atom stereocenters. The summed E-state index contributed by atoms with van der Waals surface area (Å²) >= 11 is 1.64. The molecule has 7 heteroatoms. The second-order valence-electron chi connectivity index (χ2n) is 4.98. The van der Waals surface area contributed by atoms with E-state index in [0.29, 0.717) is 6.54 Å². The topological polar surface area (TPSA) is 68.5 Å². The highest BCUT2D eigenvalue weighted by Crippen LogP contribution is 2.27. The van der Waals surface area contributed by atoms with Crippen LogP contribution in [0.2, 0.25) is 0 Å². The second-order valence-corrected chi connectivity index (χ2v) is 5.93. The Morgan fingerprint density at radius 2 is 2.04 bits per heavy atom. The normalized spacial score (nSPS) is 11.0. The highest BCUT2D eigenvalue weighted by Gasteiger charge is 2.09. The number of rotatable bonds is 5. The molecule has 4 rings (SSSR count). The Kier molecular flexibility index (Phi) is 3.69. The fraction of sp³-hybridized carbons (Fsp3) is 0.125. The minimum atomic E-state index is 0.717. The third-order valence-electron chi connectivity index (χ3n) is 3.45. The van der Waals surface area contributed by atoms with E-state index >= 15 is 0 Å². The third kappa shape index (κ3) is 2.91. The largest absolute Gasteiger partial charge is 0.368 e. The zero-order valence-corrected chi connectivity index (χ0v) is 13.1. The summed E-state index contributed by atoms with van der Waals surface area (Å²) in [5.41, 5.74) is 0.939. The zero-order chi connectivity index (χ0) is 15.5. The van der Waals surface area contributed by atoms with Gasteiger partial charge in [-0.05, 0) is 23.6 Å². The van der Waals surface area contributed by atoms with E-state index in [2.05, 4.69) is 20.6 Å². The van der Waals surface area contributed by atoms with Crippen molar-refractivity contribution in [3.63, 3.8) is 0 Å². The zero-order valence-electron chi connectivity index (χ0n) is 12.3. The molecule has 0 unspecified atom stereocenters. The standard InChI is InChI=1S/C16H14N6S/c1-2-5-13-12(4-1)15(17-7-9-22-10-8-18-21-22)20-16(19-13)14-6-3-11-23-14/h1-6,8,10-11H,7,9H2,(H,17,19,20). The predicted octanol–water partition coefficient (Wildman–Crippen LogP) is 3.06. The number of benzene rings is 1. The minimum Gasteiger partial charge on any atom is -0.368 e. The lowest BCUT2D eigenvalue weighted by Gasteiger charge is -2.10. The van der Waals surface area contributed by atoms with Crippen LogP contribution in [-0.4, -0.2) is 31.5 Å². The molecule has 0 aliphatic carbocycles. The number of hydrogen-bond acceptors (Lipinski definition) is 6. The lowest BCUT2D eigenvalue weighted by atomic mass is 10.2. The van der Waals surface area contributed by atoms with Crippen LogP contribution in [0.1, 0.15) is 0 Å². The van der Waals surface area contributed by atoms with Crippen LogP contribution in [0.3, 0.4) is 0 Å². The number of nitrogens with zero attached hydrogens (tertiary/aromatic N) is 5. The Hall–Kier alpha value is -2.80. The van der Waals surface area contributed by atoms with E-state index < -0.39 is 0 Å². The molecule has 0 fully saturated rings. The monoisotopic (exact) mass is 322 g/mol. The molecule has 23 heavy (non-hydrogen) atoms. The van der Waals surface area contributed by atoms with Crippen molar-refractivity contribution in [2.75, 3.05) is 11.9 Å². The summed E-state index contributed by atoms with van der Waals surface area (Å²) < 4.78 is 1.79. The van der Waals surface area contributed by atoms with Crippen LogP contribution in [-0.2, 0) is 6.54 Å². The van der Waals surface area contributed by atoms with Crippen molar-refractivity contribution < 1.29 is 0 Å². The maximum Gasteiger partial charge on any atom is 0.172 e. The molecule has 1 N–H and O–H groups in total. The molecule has 0 saturated heterocycles. The summed E-state index contributed by atoms with van der Waals surface area (Å²) in [7, 11) is 0. The van der Waals surface area contributed by atoms with Gasteiger partial charge < -0.3 is 5.32 Å². The first-order valence-electron chi connectivity index (χ1n) is 7.29. The SMILES string of the molecule is c1csc(-c2nc(NCCn3ccnn3)c3ccccc3n2)c1. The predicted molar refractivity (Wildman–Crippen MR) is 91.4 cm³/mol. The Morgan fingerprint density at radius 1 is 1.09 bits per heavy atom. The number of thiophene rings is 1. The molecule has 114 valence electrons. The fourth-order valence-corrected chi connectivity index (χ4v) is 3.03. The molecular weight excluding hydrogens is 308 g/mol. The maximum atomic E-state index is 4.71. The summed E-state index contributed by atoms with van der Waals surface area (Å²) in [6.07, 6.45) is 3.52. The van der Waals surface area contributed by atoms with Crippen LogP contribution in [0.15, 0.2) is 54.2 Å². The van der Waals surface area contributed by atoms with Gasteiger partial charge in [0.25, 0.3) is 0 Å². The van der Waals surface area contributed by atoms with Crippen molar-refractivity contribution in [3.05, 3.63) is 54.2 Å². The molecule has 0 spiro atoms. The van der Waals surface area contributed by atoms with Crippen molar-refractivity contribution in [2.24, 2.45) is 0 Å². The van der Waals surface area contributed by atoms with Gasteiger partial charge in [-0.1, -0.05) is 23.4 Å². The summed E-state index contributed by atoms with van der Waals surface area (Å²) in [6.45, 7) is 1.45. The molecule has 4 aromatic rings. The Balaban J connectivity index is 1.66. The van der Waals surface area contributed by atoms with Gasteiger partial charge in [0.1, 0.15) is 5.82 Å². The number of aromatic nitrogens is 5.